The van der Waals surface area contributed by atoms with E-state index in [4.69, 9.17) is 25.8 Å². The molecule has 0 bridgehead atoms. The maximum Gasteiger partial charge on any atom is 0.120 e. The SMILES string of the molecule is CCc1nccn1CCCOc1cccc(CN2CCC(COc3cccc(Cl)c3)(OC)CC2)c1. The van der Waals surface area contributed by atoms with Crippen LogP contribution >= 0.6 is 11.6 Å². The first-order valence-electron chi connectivity index (χ1n) is 12.5. The molecule has 0 aliphatic carbocycles. The van der Waals surface area contributed by atoms with Crippen LogP contribution < -0.4 is 9.47 Å². The summed E-state index contributed by atoms with van der Waals surface area (Å²) in [6.07, 6.45) is 7.66. The molecule has 0 atom stereocenters. The molecular formula is C28H36ClN3O3. The lowest BCUT2D eigenvalue weighted by Gasteiger charge is -2.40. The molecule has 0 N–H and O–H groups in total. The maximum absolute atomic E-state index is 6.08. The number of hydrogen-bond donors (Lipinski definition) is 0. The fourth-order valence-corrected chi connectivity index (χ4v) is 4.75. The molecule has 0 radical (unpaired) electrons. The monoisotopic (exact) mass is 497 g/mol. The number of imidazole rings is 1. The molecule has 1 aliphatic rings. The standard InChI is InChI=1S/C28H36ClN3O3/c1-3-27-30-13-17-32(27)14-6-18-34-25-9-4-7-23(19-25)21-31-15-11-28(33-2,12-16-31)22-35-26-10-5-8-24(29)20-26/h4-5,7-10,13,17,19-20H,3,6,11-12,14-16,18,21-22H2,1-2H3. The third kappa shape index (κ3) is 7.23. The number of aromatic nitrogens is 2. The van der Waals surface area contributed by atoms with Gasteiger partial charge in [-0.25, -0.2) is 4.98 Å². The van der Waals surface area contributed by atoms with Crippen molar-refractivity contribution in [1.82, 2.24) is 14.5 Å². The minimum atomic E-state index is -0.267. The Balaban J connectivity index is 1.22. The smallest absolute Gasteiger partial charge is 0.120 e. The highest BCUT2D eigenvalue weighted by Gasteiger charge is 2.35. The molecule has 7 heteroatoms. The Kier molecular flexibility index (Phi) is 9.07. The summed E-state index contributed by atoms with van der Waals surface area (Å²) in [5, 5.41) is 0.679. The number of benzene rings is 2. The number of nitrogens with zero attached hydrogens (tertiary/aromatic N) is 3. The van der Waals surface area contributed by atoms with Gasteiger partial charge in [0, 0.05) is 57.1 Å². The average molecular weight is 498 g/mol. The summed E-state index contributed by atoms with van der Waals surface area (Å²) < 4.78 is 20.2. The van der Waals surface area contributed by atoms with Gasteiger partial charge in [-0.05, 0) is 55.2 Å². The van der Waals surface area contributed by atoms with Gasteiger partial charge in [0.2, 0.25) is 0 Å². The van der Waals surface area contributed by atoms with Crippen LogP contribution in [0, 0.1) is 0 Å². The Morgan fingerprint density at radius 1 is 1.03 bits per heavy atom. The second kappa shape index (κ2) is 12.4. The van der Waals surface area contributed by atoms with Crippen LogP contribution in [0.15, 0.2) is 60.9 Å². The Labute approximate surface area is 213 Å². The van der Waals surface area contributed by atoms with Crippen molar-refractivity contribution in [3.63, 3.8) is 0 Å². The topological polar surface area (TPSA) is 48.8 Å². The normalized spacial score (nSPS) is 15.7. The zero-order valence-corrected chi connectivity index (χ0v) is 21.5. The van der Waals surface area contributed by atoms with Gasteiger partial charge in [-0.1, -0.05) is 36.7 Å². The molecule has 6 nitrogen and oxygen atoms in total. The summed E-state index contributed by atoms with van der Waals surface area (Å²) in [6.45, 7) is 7.11. The van der Waals surface area contributed by atoms with Crippen LogP contribution in [0.25, 0.3) is 0 Å². The van der Waals surface area contributed by atoms with Crippen molar-refractivity contribution >= 4 is 11.6 Å². The molecule has 1 aromatic heterocycles. The Morgan fingerprint density at radius 3 is 2.54 bits per heavy atom. The quantitative estimate of drug-likeness (QED) is 0.303. The molecule has 1 aliphatic heterocycles. The van der Waals surface area contributed by atoms with Gasteiger partial charge in [0.1, 0.15) is 29.5 Å². The van der Waals surface area contributed by atoms with Gasteiger partial charge in [0.15, 0.2) is 0 Å². The van der Waals surface area contributed by atoms with E-state index >= 15 is 0 Å². The third-order valence-corrected chi connectivity index (χ3v) is 6.97. The van der Waals surface area contributed by atoms with Gasteiger partial charge in [-0.15, -0.1) is 0 Å². The van der Waals surface area contributed by atoms with Crippen molar-refractivity contribution in [2.45, 2.75) is 51.3 Å². The van der Waals surface area contributed by atoms with Crippen molar-refractivity contribution in [2.24, 2.45) is 0 Å². The number of hydrogen-bond acceptors (Lipinski definition) is 5. The summed E-state index contributed by atoms with van der Waals surface area (Å²) in [7, 11) is 1.79. The molecule has 4 rings (SSSR count). The lowest BCUT2D eigenvalue weighted by Crippen LogP contribution is -2.48. The first kappa shape index (κ1) is 25.5. The van der Waals surface area contributed by atoms with Gasteiger partial charge < -0.3 is 18.8 Å². The van der Waals surface area contributed by atoms with Crippen LogP contribution in [0.1, 0.15) is 37.6 Å². The van der Waals surface area contributed by atoms with Gasteiger partial charge in [-0.2, -0.15) is 0 Å². The van der Waals surface area contributed by atoms with Gasteiger partial charge in [0.25, 0.3) is 0 Å². The fourth-order valence-electron chi connectivity index (χ4n) is 4.57. The maximum atomic E-state index is 6.08. The fraction of sp³-hybridized carbons (Fsp3) is 0.464. The molecule has 188 valence electrons. The van der Waals surface area contributed by atoms with Crippen LogP contribution in [0.4, 0.5) is 0 Å². The van der Waals surface area contributed by atoms with E-state index in [0.29, 0.717) is 18.2 Å². The van der Waals surface area contributed by atoms with Crippen LogP contribution in [-0.2, 0) is 24.2 Å². The van der Waals surface area contributed by atoms with Crippen LogP contribution in [0.3, 0.4) is 0 Å². The van der Waals surface area contributed by atoms with Crippen molar-refractivity contribution in [2.75, 3.05) is 33.4 Å². The molecule has 0 amide bonds. The van der Waals surface area contributed by atoms with Gasteiger partial charge in [-0.3, -0.25) is 4.90 Å². The Bertz CT molecular complexity index is 1060. The minimum absolute atomic E-state index is 0.267. The number of aryl methyl sites for hydroxylation is 2. The highest BCUT2D eigenvalue weighted by Crippen LogP contribution is 2.29. The second-order valence-electron chi connectivity index (χ2n) is 9.15. The zero-order valence-electron chi connectivity index (χ0n) is 20.8. The molecule has 1 saturated heterocycles. The summed E-state index contributed by atoms with van der Waals surface area (Å²) in [6, 6.07) is 16.0. The zero-order chi connectivity index (χ0) is 24.5. The van der Waals surface area contributed by atoms with Gasteiger partial charge >= 0.3 is 0 Å². The average Bonchev–Trinajstić information content (AvgIpc) is 3.34. The summed E-state index contributed by atoms with van der Waals surface area (Å²) in [4.78, 5) is 6.85. The molecule has 2 aromatic carbocycles. The summed E-state index contributed by atoms with van der Waals surface area (Å²) in [5.74, 6) is 2.84. The van der Waals surface area contributed by atoms with Crippen molar-refractivity contribution in [1.29, 1.82) is 0 Å². The molecule has 1 fully saturated rings. The second-order valence-corrected chi connectivity index (χ2v) is 9.59. The van der Waals surface area contributed by atoms with E-state index in [0.717, 1.165) is 69.2 Å². The lowest BCUT2D eigenvalue weighted by atomic mass is 9.91. The molecule has 35 heavy (non-hydrogen) atoms. The number of halogens is 1. The Hall–Kier alpha value is -2.54. The third-order valence-electron chi connectivity index (χ3n) is 6.73. The van der Waals surface area contributed by atoms with E-state index in [1.807, 2.05) is 42.7 Å². The predicted octanol–water partition coefficient (Wildman–Crippen LogP) is 5.63. The number of methoxy groups -OCH3 is 1. The van der Waals surface area contributed by atoms with Crippen molar-refractivity contribution < 1.29 is 14.2 Å². The number of ether oxygens (including phenoxy) is 3. The molecule has 0 saturated carbocycles. The van der Waals surface area contributed by atoms with Crippen molar-refractivity contribution in [3.05, 3.63) is 77.3 Å². The number of piperidine rings is 1. The molecule has 3 aromatic rings. The predicted molar refractivity (Wildman–Crippen MR) is 139 cm³/mol. The molecule has 0 unspecified atom stereocenters. The van der Waals surface area contributed by atoms with E-state index in [2.05, 4.69) is 39.6 Å². The number of likely N-dealkylation sites (tertiary alicyclic amines) is 1. The Morgan fingerprint density at radius 2 is 1.80 bits per heavy atom. The highest BCUT2D eigenvalue weighted by atomic mass is 35.5. The molecule has 2 heterocycles. The lowest BCUT2D eigenvalue weighted by molar-refractivity contribution is -0.0839. The summed E-state index contributed by atoms with van der Waals surface area (Å²) >= 11 is 6.08. The largest absolute Gasteiger partial charge is 0.494 e. The van der Waals surface area contributed by atoms with Crippen LogP contribution in [0.2, 0.25) is 5.02 Å². The summed E-state index contributed by atoms with van der Waals surface area (Å²) in [5.41, 5.74) is 1.00. The van der Waals surface area contributed by atoms with Gasteiger partial charge in [0.05, 0.1) is 6.61 Å². The van der Waals surface area contributed by atoms with E-state index in [1.54, 1.807) is 7.11 Å². The minimum Gasteiger partial charge on any atom is -0.494 e. The highest BCUT2D eigenvalue weighted by molar-refractivity contribution is 6.30. The first-order chi connectivity index (χ1) is 17.1. The van der Waals surface area contributed by atoms with Crippen molar-refractivity contribution in [3.8, 4) is 11.5 Å². The van der Waals surface area contributed by atoms with Crippen LogP contribution in [-0.4, -0.2) is 53.5 Å². The molecular weight excluding hydrogens is 462 g/mol. The molecule has 0 spiro atoms. The number of rotatable bonds is 12. The van der Waals surface area contributed by atoms with E-state index in [-0.39, 0.29) is 5.60 Å². The first-order valence-corrected chi connectivity index (χ1v) is 12.8. The van der Waals surface area contributed by atoms with E-state index in [9.17, 15) is 0 Å². The van der Waals surface area contributed by atoms with Crippen LogP contribution in [0.5, 0.6) is 11.5 Å². The van der Waals surface area contributed by atoms with E-state index in [1.165, 1.54) is 5.56 Å². The van der Waals surface area contributed by atoms with E-state index < -0.39 is 0 Å².